The molecule has 0 saturated heterocycles. The van der Waals surface area contributed by atoms with Gasteiger partial charge in [0, 0.05) is 17.2 Å². The number of benzene rings is 1. The summed E-state index contributed by atoms with van der Waals surface area (Å²) in [5, 5.41) is 3.69. The van der Waals surface area contributed by atoms with E-state index in [9.17, 15) is 0 Å². The fourth-order valence-corrected chi connectivity index (χ4v) is 1.69. The van der Waals surface area contributed by atoms with E-state index in [0.717, 1.165) is 14.2 Å². The summed E-state index contributed by atoms with van der Waals surface area (Å²) in [4.78, 5) is 4.20. The molecule has 4 nitrogen and oxygen atoms in total. The van der Waals surface area contributed by atoms with Gasteiger partial charge in [-0.05, 0) is 40.3 Å². The first kappa shape index (κ1) is 14.5. The highest BCUT2D eigenvalue weighted by Gasteiger charge is 1.98. The van der Waals surface area contributed by atoms with Crippen LogP contribution in [0.2, 0.25) is 5.02 Å². The van der Waals surface area contributed by atoms with Crippen LogP contribution in [0.25, 0.3) is 0 Å². The maximum atomic E-state index is 6.01. The van der Waals surface area contributed by atoms with Gasteiger partial charge in [0.15, 0.2) is 5.96 Å². The predicted octanol–water partition coefficient (Wildman–Crippen LogP) is 2.00. The Hall–Kier alpha value is -0.530. The van der Waals surface area contributed by atoms with E-state index in [1.807, 2.05) is 18.2 Å². The van der Waals surface area contributed by atoms with Crippen LogP contribution < -0.4 is 11.1 Å². The molecule has 17 heavy (non-hydrogen) atoms. The molecule has 1 aromatic carbocycles. The third kappa shape index (κ3) is 5.56. The molecule has 0 heterocycles. The summed E-state index contributed by atoms with van der Waals surface area (Å²) in [5.74, 6) is 0.414. The molecule has 0 unspecified atom stereocenters. The Bertz CT molecular complexity index is 398. The number of rotatable bonds is 5. The third-order valence-electron chi connectivity index (χ3n) is 2.03. The van der Waals surface area contributed by atoms with Gasteiger partial charge in [0.2, 0.25) is 0 Å². The van der Waals surface area contributed by atoms with Crippen LogP contribution in [0.3, 0.4) is 0 Å². The molecule has 1 aromatic rings. The van der Waals surface area contributed by atoms with Crippen LogP contribution in [0.1, 0.15) is 5.56 Å². The summed E-state index contributed by atoms with van der Waals surface area (Å²) in [6.07, 6.45) is 0. The van der Waals surface area contributed by atoms with Gasteiger partial charge in [-0.25, -0.2) is 4.99 Å². The Morgan fingerprint density at radius 1 is 1.59 bits per heavy atom. The molecule has 0 spiro atoms. The summed E-state index contributed by atoms with van der Waals surface area (Å²) in [5.41, 5.74) is 6.71. The van der Waals surface area contributed by atoms with Crippen LogP contribution in [0, 0.1) is 3.57 Å². The van der Waals surface area contributed by atoms with E-state index in [1.54, 1.807) is 7.11 Å². The van der Waals surface area contributed by atoms with E-state index in [1.165, 1.54) is 0 Å². The molecule has 0 amide bonds. The Morgan fingerprint density at radius 2 is 2.35 bits per heavy atom. The van der Waals surface area contributed by atoms with Crippen molar-refractivity contribution in [3.05, 3.63) is 32.4 Å². The van der Waals surface area contributed by atoms with Crippen molar-refractivity contribution in [1.29, 1.82) is 0 Å². The molecule has 6 heteroatoms. The number of hydrogen-bond acceptors (Lipinski definition) is 2. The van der Waals surface area contributed by atoms with E-state index in [2.05, 4.69) is 32.9 Å². The van der Waals surface area contributed by atoms with Crippen molar-refractivity contribution in [2.75, 3.05) is 20.3 Å². The first-order chi connectivity index (χ1) is 8.13. The number of aliphatic imine (C=N–C) groups is 1. The van der Waals surface area contributed by atoms with Crippen LogP contribution in [0.5, 0.6) is 0 Å². The normalized spacial score (nSPS) is 11.6. The van der Waals surface area contributed by atoms with Crippen LogP contribution >= 0.6 is 34.2 Å². The molecule has 1 rings (SSSR count). The van der Waals surface area contributed by atoms with E-state index in [4.69, 9.17) is 22.1 Å². The second kappa shape index (κ2) is 7.73. The molecular formula is C11H15ClIN3O. The van der Waals surface area contributed by atoms with E-state index >= 15 is 0 Å². The average Bonchev–Trinajstić information content (AvgIpc) is 2.31. The van der Waals surface area contributed by atoms with Gasteiger partial charge in [-0.15, -0.1) is 0 Å². The molecule has 0 aliphatic carbocycles. The highest BCUT2D eigenvalue weighted by atomic mass is 127. The zero-order valence-corrected chi connectivity index (χ0v) is 12.5. The van der Waals surface area contributed by atoms with Gasteiger partial charge in [-0.1, -0.05) is 17.7 Å². The van der Waals surface area contributed by atoms with E-state index in [-0.39, 0.29) is 0 Å². The van der Waals surface area contributed by atoms with Crippen LogP contribution in [0.4, 0.5) is 0 Å². The largest absolute Gasteiger partial charge is 0.383 e. The smallest absolute Gasteiger partial charge is 0.188 e. The van der Waals surface area contributed by atoms with Crippen LogP contribution in [-0.2, 0) is 11.3 Å². The summed E-state index contributed by atoms with van der Waals surface area (Å²) >= 11 is 8.20. The summed E-state index contributed by atoms with van der Waals surface area (Å²) in [7, 11) is 1.64. The maximum absolute atomic E-state index is 6.01. The maximum Gasteiger partial charge on any atom is 0.188 e. The number of ether oxygens (including phenoxy) is 1. The van der Waals surface area contributed by atoms with Gasteiger partial charge in [0.05, 0.1) is 18.2 Å². The molecule has 0 atom stereocenters. The van der Waals surface area contributed by atoms with Gasteiger partial charge < -0.3 is 15.8 Å². The van der Waals surface area contributed by atoms with Crippen molar-refractivity contribution in [2.24, 2.45) is 10.7 Å². The molecule has 0 aliphatic rings. The minimum atomic E-state index is 0.414. The monoisotopic (exact) mass is 367 g/mol. The highest BCUT2D eigenvalue weighted by molar-refractivity contribution is 14.1. The molecule has 0 fully saturated rings. The number of nitrogens with zero attached hydrogens (tertiary/aromatic N) is 1. The lowest BCUT2D eigenvalue weighted by Crippen LogP contribution is -2.34. The minimum Gasteiger partial charge on any atom is -0.383 e. The summed E-state index contributed by atoms with van der Waals surface area (Å²) in [6, 6.07) is 5.84. The SMILES string of the molecule is COCCNC(N)=NCc1ccc(I)c(Cl)c1. The van der Waals surface area contributed by atoms with Crippen LogP contribution in [0.15, 0.2) is 23.2 Å². The summed E-state index contributed by atoms with van der Waals surface area (Å²) in [6.45, 7) is 1.77. The van der Waals surface area contributed by atoms with Crippen molar-refractivity contribution < 1.29 is 4.74 Å². The number of methoxy groups -OCH3 is 1. The molecule has 3 N–H and O–H groups in total. The van der Waals surface area contributed by atoms with Gasteiger partial charge in [-0.2, -0.15) is 0 Å². The number of nitrogens with two attached hydrogens (primary N) is 1. The van der Waals surface area contributed by atoms with Crippen molar-refractivity contribution in [2.45, 2.75) is 6.54 Å². The zero-order valence-electron chi connectivity index (χ0n) is 9.54. The first-order valence-corrected chi connectivity index (χ1v) is 6.56. The molecular weight excluding hydrogens is 352 g/mol. The topological polar surface area (TPSA) is 59.6 Å². The quantitative estimate of drug-likeness (QED) is 0.362. The second-order valence-electron chi connectivity index (χ2n) is 3.37. The van der Waals surface area contributed by atoms with Crippen molar-refractivity contribution in [1.82, 2.24) is 5.32 Å². The summed E-state index contributed by atoms with van der Waals surface area (Å²) < 4.78 is 5.92. The first-order valence-electron chi connectivity index (χ1n) is 5.10. The highest BCUT2D eigenvalue weighted by Crippen LogP contribution is 2.19. The lowest BCUT2D eigenvalue weighted by atomic mass is 10.2. The minimum absolute atomic E-state index is 0.414. The van der Waals surface area contributed by atoms with Crippen molar-refractivity contribution in [3.63, 3.8) is 0 Å². The fourth-order valence-electron chi connectivity index (χ4n) is 1.15. The zero-order chi connectivity index (χ0) is 12.7. The number of halogens is 2. The number of hydrogen-bond donors (Lipinski definition) is 2. The average molecular weight is 368 g/mol. The standard InChI is InChI=1S/C11H15ClIN3O/c1-17-5-4-15-11(14)16-7-8-2-3-10(13)9(12)6-8/h2-3,6H,4-5,7H2,1H3,(H3,14,15,16). The molecule has 0 bridgehead atoms. The molecule has 0 aromatic heterocycles. The number of guanidine groups is 1. The Morgan fingerprint density at radius 3 is 3.00 bits per heavy atom. The van der Waals surface area contributed by atoms with Gasteiger partial charge in [-0.3, -0.25) is 0 Å². The van der Waals surface area contributed by atoms with Crippen molar-refractivity contribution in [3.8, 4) is 0 Å². The fraction of sp³-hybridized carbons (Fsp3) is 0.364. The molecule has 0 aliphatic heterocycles. The van der Waals surface area contributed by atoms with Crippen LogP contribution in [-0.4, -0.2) is 26.2 Å². The predicted molar refractivity (Wildman–Crippen MR) is 79.4 cm³/mol. The second-order valence-corrected chi connectivity index (χ2v) is 4.94. The Labute approximate surface area is 120 Å². The number of nitrogens with one attached hydrogen (secondary N) is 1. The molecule has 94 valence electrons. The molecule has 0 saturated carbocycles. The Kier molecular flexibility index (Phi) is 6.61. The lowest BCUT2D eigenvalue weighted by Gasteiger charge is -2.05. The Balaban J connectivity index is 2.48. The van der Waals surface area contributed by atoms with Gasteiger partial charge in [0.1, 0.15) is 0 Å². The lowest BCUT2D eigenvalue weighted by molar-refractivity contribution is 0.204. The third-order valence-corrected chi connectivity index (χ3v) is 3.60. The van der Waals surface area contributed by atoms with Crippen molar-refractivity contribution >= 4 is 40.2 Å². The van der Waals surface area contributed by atoms with Gasteiger partial charge >= 0.3 is 0 Å². The van der Waals surface area contributed by atoms with Gasteiger partial charge in [0.25, 0.3) is 0 Å². The molecule has 0 radical (unpaired) electrons. The van der Waals surface area contributed by atoms with E-state index < -0.39 is 0 Å². The van der Waals surface area contributed by atoms with E-state index in [0.29, 0.717) is 25.7 Å².